The Morgan fingerprint density at radius 2 is 2.12 bits per heavy atom. The van der Waals surface area contributed by atoms with E-state index in [1.165, 1.54) is 6.07 Å². The van der Waals surface area contributed by atoms with E-state index in [1.807, 2.05) is 13.8 Å². The number of carbonyl (C=O) groups excluding carboxylic acids is 1. The van der Waals surface area contributed by atoms with Crippen molar-refractivity contribution in [2.24, 2.45) is 0 Å². The molecular weight excluding hydrogens is 310 g/mol. The first-order chi connectivity index (χ1) is 11.4. The van der Waals surface area contributed by atoms with Gasteiger partial charge >= 0.3 is 0 Å². The summed E-state index contributed by atoms with van der Waals surface area (Å²) < 4.78 is 5.40. The van der Waals surface area contributed by atoms with Gasteiger partial charge in [-0.2, -0.15) is 0 Å². The van der Waals surface area contributed by atoms with Gasteiger partial charge in [0.2, 0.25) is 0 Å². The third-order valence-electron chi connectivity index (χ3n) is 4.20. The number of methoxy groups -OCH3 is 1. The molecule has 1 aliphatic rings. The van der Waals surface area contributed by atoms with Gasteiger partial charge in [0, 0.05) is 30.8 Å². The number of rotatable bonds is 6. The van der Waals surface area contributed by atoms with Crippen LogP contribution in [0, 0.1) is 10.1 Å². The molecule has 0 radical (unpaired) electrons. The van der Waals surface area contributed by atoms with Gasteiger partial charge in [-0.05, 0) is 51.7 Å². The Kier molecular flexibility index (Phi) is 6.14. The second kappa shape index (κ2) is 8.10. The lowest BCUT2D eigenvalue weighted by Gasteiger charge is -2.29. The minimum absolute atomic E-state index is 0.0254. The van der Waals surface area contributed by atoms with Crippen LogP contribution in [0.1, 0.15) is 49.9 Å². The molecule has 0 aliphatic heterocycles. The van der Waals surface area contributed by atoms with Crippen LogP contribution < -0.4 is 10.6 Å². The molecule has 7 nitrogen and oxygen atoms in total. The van der Waals surface area contributed by atoms with Crippen molar-refractivity contribution in [3.05, 3.63) is 33.9 Å². The first-order valence-electron chi connectivity index (χ1n) is 8.29. The van der Waals surface area contributed by atoms with Gasteiger partial charge in [-0.25, -0.2) is 0 Å². The lowest BCUT2D eigenvalue weighted by atomic mass is 9.92. The average Bonchev–Trinajstić information content (AvgIpc) is 2.54. The van der Waals surface area contributed by atoms with Crippen LogP contribution in [0.15, 0.2) is 18.2 Å². The van der Waals surface area contributed by atoms with E-state index >= 15 is 0 Å². The van der Waals surface area contributed by atoms with Gasteiger partial charge in [-0.3, -0.25) is 14.9 Å². The quantitative estimate of drug-likeness (QED) is 0.615. The number of amides is 1. The molecule has 24 heavy (non-hydrogen) atoms. The molecular formula is C17H25N3O4. The zero-order chi connectivity index (χ0) is 17.7. The van der Waals surface area contributed by atoms with E-state index in [-0.39, 0.29) is 29.8 Å². The van der Waals surface area contributed by atoms with Crippen molar-refractivity contribution in [1.82, 2.24) is 5.32 Å². The number of benzene rings is 1. The maximum absolute atomic E-state index is 12.0. The number of ether oxygens (including phenoxy) is 1. The van der Waals surface area contributed by atoms with Crippen LogP contribution >= 0.6 is 0 Å². The Labute approximate surface area is 141 Å². The minimum atomic E-state index is -0.453. The highest BCUT2D eigenvalue weighted by Gasteiger charge is 2.25. The van der Waals surface area contributed by atoms with Crippen molar-refractivity contribution in [1.29, 1.82) is 0 Å². The Hall–Kier alpha value is -2.15. The summed E-state index contributed by atoms with van der Waals surface area (Å²) in [5, 5.41) is 17.4. The van der Waals surface area contributed by atoms with Crippen LogP contribution in [-0.2, 0) is 4.74 Å². The van der Waals surface area contributed by atoms with Crippen molar-refractivity contribution in [2.45, 2.75) is 57.7 Å². The number of nitrogens with zero attached hydrogens (tertiary/aromatic N) is 1. The van der Waals surface area contributed by atoms with Gasteiger partial charge in [0.25, 0.3) is 11.6 Å². The molecule has 0 aromatic heterocycles. The molecule has 2 rings (SSSR count). The highest BCUT2D eigenvalue weighted by molar-refractivity contribution is 5.95. The van der Waals surface area contributed by atoms with E-state index in [2.05, 4.69) is 10.6 Å². The zero-order valence-electron chi connectivity index (χ0n) is 14.4. The van der Waals surface area contributed by atoms with Gasteiger partial charge in [0.05, 0.1) is 11.0 Å². The first kappa shape index (κ1) is 18.2. The molecule has 0 spiro atoms. The fourth-order valence-electron chi connectivity index (χ4n) is 3.00. The number of anilines is 1. The topological polar surface area (TPSA) is 93.5 Å². The molecule has 0 bridgehead atoms. The van der Waals surface area contributed by atoms with Crippen LogP contribution in [0.5, 0.6) is 0 Å². The lowest BCUT2D eigenvalue weighted by Crippen LogP contribution is -2.31. The number of hydrogen-bond acceptors (Lipinski definition) is 5. The molecule has 7 heteroatoms. The van der Waals surface area contributed by atoms with Crippen molar-refractivity contribution in [3.8, 4) is 0 Å². The number of carbonyl (C=O) groups is 1. The first-order valence-corrected chi connectivity index (χ1v) is 8.29. The molecule has 0 saturated heterocycles. The predicted molar refractivity (Wildman–Crippen MR) is 92.4 cm³/mol. The molecule has 1 aliphatic carbocycles. The maximum atomic E-state index is 12.0. The normalized spacial score (nSPS) is 20.7. The second-order valence-electron chi connectivity index (χ2n) is 6.48. The van der Waals surface area contributed by atoms with E-state index < -0.39 is 4.92 Å². The van der Waals surface area contributed by atoms with Crippen LogP contribution in [0.25, 0.3) is 0 Å². The lowest BCUT2D eigenvalue weighted by molar-refractivity contribution is -0.384. The van der Waals surface area contributed by atoms with Crippen molar-refractivity contribution in [3.63, 3.8) is 0 Å². The summed E-state index contributed by atoms with van der Waals surface area (Å²) in [5.41, 5.74) is 0.660. The largest absolute Gasteiger partial charge is 0.381 e. The standard InChI is InChI=1S/C17H25N3O4/c1-11(2)18-17(21)12-7-8-15(16(9-12)20(22)23)19-13-5-4-6-14(10-13)24-3/h7-9,11,13-14,19H,4-6,10H2,1-3H3,(H,18,21). The predicted octanol–water partition coefficient (Wildman–Crippen LogP) is 3.10. The fraction of sp³-hybridized carbons (Fsp3) is 0.588. The summed E-state index contributed by atoms with van der Waals surface area (Å²) in [6.45, 7) is 3.69. The van der Waals surface area contributed by atoms with E-state index in [4.69, 9.17) is 4.74 Å². The Morgan fingerprint density at radius 1 is 1.38 bits per heavy atom. The molecule has 1 aromatic carbocycles. The van der Waals surface area contributed by atoms with Gasteiger partial charge < -0.3 is 15.4 Å². The Bertz CT molecular complexity index is 603. The van der Waals surface area contributed by atoms with Crippen LogP contribution in [0.2, 0.25) is 0 Å². The highest BCUT2D eigenvalue weighted by Crippen LogP contribution is 2.30. The maximum Gasteiger partial charge on any atom is 0.293 e. The fourth-order valence-corrected chi connectivity index (χ4v) is 3.00. The Morgan fingerprint density at radius 3 is 2.75 bits per heavy atom. The van der Waals surface area contributed by atoms with Crippen LogP contribution in [0.3, 0.4) is 0 Å². The smallest absolute Gasteiger partial charge is 0.293 e. The van der Waals surface area contributed by atoms with Crippen molar-refractivity contribution < 1.29 is 14.5 Å². The molecule has 2 unspecified atom stereocenters. The minimum Gasteiger partial charge on any atom is -0.381 e. The number of nitrogens with one attached hydrogen (secondary N) is 2. The van der Waals surface area contributed by atoms with E-state index in [9.17, 15) is 14.9 Å². The number of nitro benzene ring substituents is 1. The second-order valence-corrected chi connectivity index (χ2v) is 6.48. The van der Waals surface area contributed by atoms with E-state index in [0.29, 0.717) is 11.3 Å². The summed E-state index contributed by atoms with van der Waals surface area (Å²) in [6.07, 6.45) is 4.01. The average molecular weight is 335 g/mol. The van der Waals surface area contributed by atoms with Gasteiger partial charge in [0.15, 0.2) is 0 Å². The molecule has 2 N–H and O–H groups in total. The monoisotopic (exact) mass is 335 g/mol. The summed E-state index contributed by atoms with van der Waals surface area (Å²) in [6, 6.07) is 4.67. The third kappa shape index (κ3) is 4.67. The number of hydrogen-bond donors (Lipinski definition) is 2. The summed E-state index contributed by atoms with van der Waals surface area (Å²) in [4.78, 5) is 23.0. The zero-order valence-corrected chi connectivity index (χ0v) is 14.4. The highest BCUT2D eigenvalue weighted by atomic mass is 16.6. The molecule has 1 saturated carbocycles. The summed E-state index contributed by atoms with van der Waals surface area (Å²) >= 11 is 0. The molecule has 1 aromatic rings. The van der Waals surface area contributed by atoms with Crippen LogP contribution in [-0.4, -0.2) is 36.1 Å². The molecule has 1 fully saturated rings. The van der Waals surface area contributed by atoms with Gasteiger partial charge in [-0.1, -0.05) is 0 Å². The van der Waals surface area contributed by atoms with E-state index in [1.54, 1.807) is 19.2 Å². The van der Waals surface area contributed by atoms with Crippen LogP contribution in [0.4, 0.5) is 11.4 Å². The van der Waals surface area contributed by atoms with Gasteiger partial charge in [0.1, 0.15) is 5.69 Å². The summed E-state index contributed by atoms with van der Waals surface area (Å²) in [5.74, 6) is -0.309. The molecule has 0 heterocycles. The number of nitro groups is 1. The molecule has 132 valence electrons. The Balaban J connectivity index is 2.17. The van der Waals surface area contributed by atoms with Gasteiger partial charge in [-0.15, -0.1) is 0 Å². The third-order valence-corrected chi connectivity index (χ3v) is 4.20. The SMILES string of the molecule is COC1CCCC(Nc2ccc(C(=O)NC(C)C)cc2[N+](=O)[O-])C1. The molecule has 2 atom stereocenters. The summed E-state index contributed by atoms with van der Waals surface area (Å²) in [7, 11) is 1.69. The van der Waals surface area contributed by atoms with Crippen molar-refractivity contribution in [2.75, 3.05) is 12.4 Å². The van der Waals surface area contributed by atoms with Crippen molar-refractivity contribution >= 4 is 17.3 Å². The van der Waals surface area contributed by atoms with E-state index in [0.717, 1.165) is 25.7 Å². The molecule has 1 amide bonds.